The Hall–Kier alpha value is -3.15. The van der Waals surface area contributed by atoms with Gasteiger partial charge in [0.1, 0.15) is 6.07 Å². The number of nitrogens with zero attached hydrogens (tertiary/aromatic N) is 4. The molecule has 4 atom stereocenters. The smallest absolute Gasteiger partial charge is 0.402 e. The predicted molar refractivity (Wildman–Crippen MR) is 124 cm³/mol. The van der Waals surface area contributed by atoms with Crippen LogP contribution in [0.25, 0.3) is 0 Å². The number of nitrogens with one attached hydrogen (secondary N) is 3. The largest absolute Gasteiger partial charge is 0.490 e. The van der Waals surface area contributed by atoms with E-state index in [1.807, 2.05) is 5.43 Å². The van der Waals surface area contributed by atoms with E-state index in [-0.39, 0.29) is 38.1 Å². The summed E-state index contributed by atoms with van der Waals surface area (Å²) in [7, 11) is 0. The summed E-state index contributed by atoms with van der Waals surface area (Å²) in [5.74, 6) is -2.09. The zero-order chi connectivity index (χ0) is 26.6. The van der Waals surface area contributed by atoms with Gasteiger partial charge in [-0.15, -0.1) is 0 Å². The lowest BCUT2D eigenvalue weighted by atomic mass is 9.96. The van der Waals surface area contributed by atoms with Crippen LogP contribution in [0.5, 0.6) is 5.75 Å². The lowest BCUT2D eigenvalue weighted by Gasteiger charge is -2.41. The molecule has 3 N–H and O–H groups in total. The van der Waals surface area contributed by atoms with Gasteiger partial charge in [0.25, 0.3) is 0 Å². The zero-order valence-electron chi connectivity index (χ0n) is 20.4. The van der Waals surface area contributed by atoms with Gasteiger partial charge in [-0.2, -0.15) is 18.4 Å². The molecule has 202 valence electrons. The first-order valence-electron chi connectivity index (χ1n) is 12.2. The van der Waals surface area contributed by atoms with E-state index in [0.29, 0.717) is 49.8 Å². The average Bonchev–Trinajstić information content (AvgIpc) is 3.03. The maximum Gasteiger partial charge on any atom is 0.402 e. The summed E-state index contributed by atoms with van der Waals surface area (Å²) in [5.41, 5.74) is 4.91. The molecular formula is C23H30F3N7O4. The van der Waals surface area contributed by atoms with Gasteiger partial charge in [-0.05, 0) is 6.92 Å². The first kappa shape index (κ1) is 26.9. The Bertz CT molecular complexity index is 1030. The van der Waals surface area contributed by atoms with E-state index < -0.39 is 30.1 Å². The number of hydrazine groups is 1. The third kappa shape index (κ3) is 6.41. The summed E-state index contributed by atoms with van der Waals surface area (Å²) in [6, 6.07) is 2.19. The summed E-state index contributed by atoms with van der Waals surface area (Å²) in [6.07, 6.45) is -2.30. The van der Waals surface area contributed by atoms with Crippen molar-refractivity contribution in [3.8, 4) is 11.8 Å². The molecule has 0 saturated carbocycles. The molecule has 0 aromatic carbocycles. The molecule has 3 aliphatic rings. The number of ether oxygens (including phenoxy) is 2. The molecular weight excluding hydrogens is 495 g/mol. The molecule has 0 spiro atoms. The van der Waals surface area contributed by atoms with E-state index in [9.17, 15) is 22.8 Å². The van der Waals surface area contributed by atoms with Gasteiger partial charge in [0.15, 0.2) is 17.5 Å². The fourth-order valence-electron chi connectivity index (χ4n) is 4.88. The lowest BCUT2D eigenvalue weighted by Crippen LogP contribution is -2.64. The van der Waals surface area contributed by atoms with Crippen LogP contribution in [-0.2, 0) is 14.3 Å². The molecule has 3 aliphatic heterocycles. The van der Waals surface area contributed by atoms with Crippen molar-refractivity contribution in [1.29, 1.82) is 5.26 Å². The predicted octanol–water partition coefficient (Wildman–Crippen LogP) is 0.319. The number of anilines is 1. The number of hydrogen-bond acceptors (Lipinski definition) is 9. The molecule has 2 unspecified atom stereocenters. The minimum absolute atomic E-state index is 0.0346. The molecule has 2 fully saturated rings. The summed E-state index contributed by atoms with van der Waals surface area (Å²) < 4.78 is 51.2. The van der Waals surface area contributed by atoms with Crippen molar-refractivity contribution in [2.24, 2.45) is 5.92 Å². The number of fused-ring (bicyclic) bond motifs is 3. The molecule has 2 saturated heterocycles. The SMILES string of the molecule is C[C@@H](COCCC(=O)N1CCN2c3ncc(C#N)cc3OCC[C@H]2C1)NC1CNNC(=O)C1C(F)(F)F. The number of nitriles is 1. The Morgan fingerprint density at radius 1 is 1.43 bits per heavy atom. The van der Waals surface area contributed by atoms with Crippen LogP contribution in [0.4, 0.5) is 19.0 Å². The van der Waals surface area contributed by atoms with Crippen molar-refractivity contribution in [1.82, 2.24) is 26.1 Å². The number of alkyl halides is 3. The summed E-state index contributed by atoms with van der Waals surface area (Å²) >= 11 is 0. The van der Waals surface area contributed by atoms with E-state index >= 15 is 0 Å². The third-order valence-electron chi connectivity index (χ3n) is 6.68. The van der Waals surface area contributed by atoms with Crippen LogP contribution < -0.4 is 25.8 Å². The fraction of sp³-hybridized carbons (Fsp3) is 0.652. The topological polar surface area (TPSA) is 132 Å². The second-order valence-corrected chi connectivity index (χ2v) is 9.37. The van der Waals surface area contributed by atoms with Gasteiger partial charge in [0, 0.05) is 56.9 Å². The maximum atomic E-state index is 13.3. The molecule has 0 aliphatic carbocycles. The highest BCUT2D eigenvalue weighted by atomic mass is 19.4. The van der Waals surface area contributed by atoms with Crippen molar-refractivity contribution in [3.05, 3.63) is 17.8 Å². The molecule has 37 heavy (non-hydrogen) atoms. The molecule has 1 aromatic rings. The maximum absolute atomic E-state index is 13.3. The fourth-order valence-corrected chi connectivity index (χ4v) is 4.88. The number of pyridine rings is 1. The van der Waals surface area contributed by atoms with E-state index in [1.165, 1.54) is 6.20 Å². The monoisotopic (exact) mass is 525 g/mol. The van der Waals surface area contributed by atoms with Gasteiger partial charge in [0.05, 0.1) is 37.8 Å². The summed E-state index contributed by atoms with van der Waals surface area (Å²) in [6.45, 7) is 3.87. The van der Waals surface area contributed by atoms with Gasteiger partial charge in [-0.25, -0.2) is 10.4 Å². The molecule has 4 heterocycles. The standard InChI is InChI=1S/C23H30F3N7O4/c1-14(30-17-11-29-31-22(35)20(17)23(24,25)26)13-36-6-3-19(34)32-4-5-33-16(12-32)2-7-37-18-8-15(9-27)10-28-21(18)33/h8,10,14,16-17,20,29-30H,2-7,11-13H2,1H3,(H,31,35)/t14-,16-,17?,20?/m0/s1. The molecule has 2 amide bonds. The zero-order valence-corrected chi connectivity index (χ0v) is 20.4. The first-order valence-corrected chi connectivity index (χ1v) is 12.2. The van der Waals surface area contributed by atoms with Crippen LogP contribution in [0.15, 0.2) is 12.3 Å². The number of amides is 2. The molecule has 0 bridgehead atoms. The van der Waals surface area contributed by atoms with E-state index in [1.54, 1.807) is 17.9 Å². The number of aromatic nitrogens is 1. The third-order valence-corrected chi connectivity index (χ3v) is 6.68. The number of halogens is 3. The van der Waals surface area contributed by atoms with Crippen molar-refractivity contribution < 1.29 is 32.2 Å². The van der Waals surface area contributed by atoms with Gasteiger partial charge < -0.3 is 24.6 Å². The Kier molecular flexibility index (Phi) is 8.35. The Labute approximate surface area is 212 Å². The van der Waals surface area contributed by atoms with Crippen LogP contribution >= 0.6 is 0 Å². The van der Waals surface area contributed by atoms with Gasteiger partial charge in [-0.3, -0.25) is 15.0 Å². The highest BCUT2D eigenvalue weighted by Crippen LogP contribution is 2.33. The summed E-state index contributed by atoms with van der Waals surface area (Å²) in [5, 5.41) is 11.9. The highest BCUT2D eigenvalue weighted by Gasteiger charge is 2.51. The molecule has 14 heteroatoms. The number of rotatable bonds is 7. The van der Waals surface area contributed by atoms with Crippen LogP contribution in [0.3, 0.4) is 0 Å². The van der Waals surface area contributed by atoms with Crippen molar-refractivity contribution in [2.75, 3.05) is 50.9 Å². The van der Waals surface area contributed by atoms with Crippen molar-refractivity contribution >= 4 is 17.6 Å². The van der Waals surface area contributed by atoms with Crippen LogP contribution in [0.1, 0.15) is 25.3 Å². The van der Waals surface area contributed by atoms with Crippen molar-refractivity contribution in [2.45, 2.75) is 44.1 Å². The number of hydrogen-bond donors (Lipinski definition) is 3. The summed E-state index contributed by atoms with van der Waals surface area (Å²) in [4.78, 5) is 32.8. The minimum Gasteiger partial charge on any atom is -0.490 e. The highest BCUT2D eigenvalue weighted by molar-refractivity contribution is 5.80. The molecule has 1 aromatic heterocycles. The minimum atomic E-state index is -4.66. The number of carbonyl (C=O) groups excluding carboxylic acids is 2. The normalized spacial score (nSPS) is 24.6. The van der Waals surface area contributed by atoms with E-state index in [0.717, 1.165) is 0 Å². The molecule has 4 rings (SSSR count). The molecule has 11 nitrogen and oxygen atoms in total. The number of piperazine rings is 1. The Balaban J connectivity index is 1.22. The number of carbonyl (C=O) groups is 2. The van der Waals surface area contributed by atoms with Crippen LogP contribution in [-0.4, -0.2) is 92.0 Å². The van der Waals surface area contributed by atoms with Gasteiger partial charge in [0.2, 0.25) is 11.8 Å². The average molecular weight is 526 g/mol. The van der Waals surface area contributed by atoms with Crippen LogP contribution in [0.2, 0.25) is 0 Å². The van der Waals surface area contributed by atoms with Crippen molar-refractivity contribution in [3.63, 3.8) is 0 Å². The first-order chi connectivity index (χ1) is 17.7. The Morgan fingerprint density at radius 3 is 3.00 bits per heavy atom. The second-order valence-electron chi connectivity index (χ2n) is 9.37. The van der Waals surface area contributed by atoms with Gasteiger partial charge >= 0.3 is 6.18 Å². The van der Waals surface area contributed by atoms with Crippen LogP contribution in [0, 0.1) is 17.2 Å². The van der Waals surface area contributed by atoms with E-state index in [2.05, 4.69) is 26.7 Å². The quantitative estimate of drug-likeness (QED) is 0.431. The Morgan fingerprint density at radius 2 is 2.24 bits per heavy atom. The van der Waals surface area contributed by atoms with Gasteiger partial charge in [-0.1, -0.05) is 0 Å². The second kappa shape index (κ2) is 11.5. The lowest BCUT2D eigenvalue weighted by molar-refractivity contribution is -0.193. The molecule has 0 radical (unpaired) electrons. The van der Waals surface area contributed by atoms with E-state index in [4.69, 9.17) is 14.7 Å².